The van der Waals surface area contributed by atoms with Crippen LogP contribution in [0, 0.1) is 0 Å². The Bertz CT molecular complexity index is 872. The van der Waals surface area contributed by atoms with Crippen LogP contribution in [0.2, 0.25) is 0 Å². The van der Waals surface area contributed by atoms with Gasteiger partial charge in [-0.25, -0.2) is 9.97 Å². The van der Waals surface area contributed by atoms with Crippen molar-refractivity contribution in [2.75, 3.05) is 31.2 Å². The number of hydrogen-bond donors (Lipinski definition) is 2. The predicted octanol–water partition coefficient (Wildman–Crippen LogP) is -1.06. The predicted molar refractivity (Wildman–Crippen MR) is 87.5 cm³/mol. The van der Waals surface area contributed by atoms with Gasteiger partial charge in [0.2, 0.25) is 0 Å². The lowest BCUT2D eigenvalue weighted by atomic mass is 10.3. The van der Waals surface area contributed by atoms with Crippen LogP contribution in [0.3, 0.4) is 0 Å². The summed E-state index contributed by atoms with van der Waals surface area (Å²) in [7, 11) is 0. The molecule has 3 aromatic heterocycles. The number of hydrogen-bond acceptors (Lipinski definition) is 9. The van der Waals surface area contributed by atoms with E-state index in [2.05, 4.69) is 45.9 Å². The first-order valence-corrected chi connectivity index (χ1v) is 8.00. The molecule has 1 amide bonds. The Morgan fingerprint density at radius 1 is 1.31 bits per heavy atom. The zero-order valence-electron chi connectivity index (χ0n) is 13.7. The van der Waals surface area contributed by atoms with Gasteiger partial charge in [-0.1, -0.05) is 0 Å². The van der Waals surface area contributed by atoms with Gasteiger partial charge in [-0.3, -0.25) is 9.89 Å². The first-order valence-electron chi connectivity index (χ1n) is 8.00. The molecule has 1 saturated heterocycles. The van der Waals surface area contributed by atoms with Crippen molar-refractivity contribution in [2.45, 2.75) is 6.54 Å². The number of aromatic nitrogens is 8. The number of H-pyrrole nitrogens is 1. The fraction of sp³-hybridized carbons (Fsp3) is 0.357. The second-order valence-electron chi connectivity index (χ2n) is 5.54. The Labute approximate surface area is 147 Å². The van der Waals surface area contributed by atoms with Crippen LogP contribution in [0.4, 0.5) is 5.82 Å². The van der Waals surface area contributed by atoms with Gasteiger partial charge >= 0.3 is 0 Å². The number of nitrogens with one attached hydrogen (secondary N) is 2. The van der Waals surface area contributed by atoms with Gasteiger partial charge in [0, 0.05) is 19.2 Å². The summed E-state index contributed by atoms with van der Waals surface area (Å²) in [6.07, 6.45) is 4.30. The van der Waals surface area contributed by atoms with Crippen molar-refractivity contribution in [3.8, 4) is 5.82 Å². The van der Waals surface area contributed by atoms with Crippen LogP contribution in [-0.2, 0) is 11.3 Å². The van der Waals surface area contributed by atoms with Crippen LogP contribution < -0.4 is 10.2 Å². The van der Waals surface area contributed by atoms with Crippen molar-refractivity contribution < 1.29 is 9.53 Å². The third-order valence-electron chi connectivity index (χ3n) is 3.92. The van der Waals surface area contributed by atoms with E-state index in [0.29, 0.717) is 30.3 Å². The van der Waals surface area contributed by atoms with Gasteiger partial charge in [-0.05, 0) is 10.4 Å². The highest BCUT2D eigenvalue weighted by Gasteiger charge is 2.17. The zero-order valence-corrected chi connectivity index (χ0v) is 13.7. The monoisotopic (exact) mass is 356 g/mol. The van der Waals surface area contributed by atoms with Gasteiger partial charge in [0.25, 0.3) is 5.91 Å². The van der Waals surface area contributed by atoms with Gasteiger partial charge in [-0.15, -0.1) is 5.10 Å². The average Bonchev–Trinajstić information content (AvgIpc) is 3.38. The molecule has 12 nitrogen and oxygen atoms in total. The minimum atomic E-state index is -0.309. The number of carbonyl (C=O) groups is 1. The normalized spacial score (nSPS) is 14.4. The number of ether oxygens (including phenoxy) is 1. The Balaban J connectivity index is 1.43. The summed E-state index contributed by atoms with van der Waals surface area (Å²) in [5.74, 6) is 0.908. The van der Waals surface area contributed by atoms with Crippen LogP contribution >= 0.6 is 0 Å². The highest BCUT2D eigenvalue weighted by atomic mass is 16.5. The molecule has 0 spiro atoms. The molecule has 0 atom stereocenters. The highest BCUT2D eigenvalue weighted by molar-refractivity contribution is 5.96. The molecule has 0 bridgehead atoms. The summed E-state index contributed by atoms with van der Waals surface area (Å²) in [6.45, 7) is 3.19. The van der Waals surface area contributed by atoms with Crippen LogP contribution in [0.5, 0.6) is 0 Å². The molecule has 3 aromatic rings. The van der Waals surface area contributed by atoms with E-state index in [1.165, 1.54) is 23.5 Å². The average molecular weight is 356 g/mol. The van der Waals surface area contributed by atoms with Crippen molar-refractivity contribution in [1.82, 2.24) is 45.7 Å². The Hall–Kier alpha value is -3.41. The van der Waals surface area contributed by atoms with E-state index >= 15 is 0 Å². The number of morpholine rings is 1. The van der Waals surface area contributed by atoms with Crippen molar-refractivity contribution in [2.24, 2.45) is 0 Å². The maximum Gasteiger partial charge on any atom is 0.257 e. The maximum absolute atomic E-state index is 12.5. The fourth-order valence-electron chi connectivity index (χ4n) is 2.60. The summed E-state index contributed by atoms with van der Waals surface area (Å²) in [5.41, 5.74) is 1.04. The van der Waals surface area contributed by atoms with E-state index in [-0.39, 0.29) is 12.5 Å². The molecule has 12 heteroatoms. The second kappa shape index (κ2) is 7.23. The number of rotatable bonds is 5. The summed E-state index contributed by atoms with van der Waals surface area (Å²) in [4.78, 5) is 23.1. The summed E-state index contributed by atoms with van der Waals surface area (Å²) in [5, 5.41) is 20.3. The molecule has 2 N–H and O–H groups in total. The Kier molecular flexibility index (Phi) is 4.47. The van der Waals surface area contributed by atoms with Gasteiger partial charge in [0.05, 0.1) is 31.6 Å². The van der Waals surface area contributed by atoms with Crippen molar-refractivity contribution in [1.29, 1.82) is 0 Å². The molecule has 0 unspecified atom stereocenters. The number of nitrogens with zero attached hydrogens (tertiary/aromatic N) is 8. The molecule has 0 aliphatic carbocycles. The van der Waals surface area contributed by atoms with Crippen LogP contribution in [0.15, 0.2) is 24.9 Å². The quantitative estimate of drug-likeness (QED) is 0.585. The second-order valence-corrected chi connectivity index (χ2v) is 5.54. The molecule has 0 aromatic carbocycles. The molecule has 0 radical (unpaired) electrons. The Morgan fingerprint density at radius 3 is 3.00 bits per heavy atom. The number of anilines is 1. The summed E-state index contributed by atoms with van der Waals surface area (Å²) < 4.78 is 6.68. The SMILES string of the molecule is O=C(NCc1cc(N2CCOCC2)ncn1)c1cn[nH]c1-n1cnnn1. The molecule has 4 heterocycles. The standard InChI is InChI=1S/C14H16N10O2/c25-14(11-7-18-20-13(11)24-9-19-21-22-24)15-6-10-5-12(17-8-16-10)23-1-3-26-4-2-23/h5,7-9H,1-4,6H2,(H,15,25)(H,18,20). The fourth-order valence-corrected chi connectivity index (χ4v) is 2.60. The van der Waals surface area contributed by atoms with Gasteiger partial charge in [0.15, 0.2) is 5.82 Å². The molecule has 1 fully saturated rings. The van der Waals surface area contributed by atoms with E-state index in [1.54, 1.807) is 0 Å². The largest absolute Gasteiger partial charge is 0.378 e. The zero-order chi connectivity index (χ0) is 17.8. The first-order chi connectivity index (χ1) is 12.8. The number of amides is 1. The highest BCUT2D eigenvalue weighted by Crippen LogP contribution is 2.13. The van der Waals surface area contributed by atoms with Gasteiger partial charge in [-0.2, -0.15) is 9.78 Å². The van der Waals surface area contributed by atoms with Gasteiger partial charge < -0.3 is 15.0 Å². The number of carbonyl (C=O) groups excluding carboxylic acids is 1. The minimum absolute atomic E-state index is 0.263. The lowest BCUT2D eigenvalue weighted by Gasteiger charge is -2.27. The van der Waals surface area contributed by atoms with E-state index in [0.717, 1.165) is 18.9 Å². The molecule has 0 saturated carbocycles. The van der Waals surface area contributed by atoms with Crippen molar-refractivity contribution >= 4 is 11.7 Å². The molecule has 1 aliphatic heterocycles. The topological polar surface area (TPSA) is 140 Å². The maximum atomic E-state index is 12.5. The summed E-state index contributed by atoms with van der Waals surface area (Å²) >= 11 is 0. The van der Waals surface area contributed by atoms with Crippen molar-refractivity contribution in [3.05, 3.63) is 36.2 Å². The number of aromatic amines is 1. The van der Waals surface area contributed by atoms with Crippen LogP contribution in [-0.4, -0.2) is 72.6 Å². The smallest absolute Gasteiger partial charge is 0.257 e. The molecule has 134 valence electrons. The van der Waals surface area contributed by atoms with E-state index < -0.39 is 0 Å². The molecular formula is C14H16N10O2. The van der Waals surface area contributed by atoms with Crippen LogP contribution in [0.25, 0.3) is 5.82 Å². The Morgan fingerprint density at radius 2 is 2.19 bits per heavy atom. The molecule has 1 aliphatic rings. The minimum Gasteiger partial charge on any atom is -0.378 e. The summed E-state index contributed by atoms with van der Waals surface area (Å²) in [6, 6.07) is 1.86. The lowest BCUT2D eigenvalue weighted by Crippen LogP contribution is -2.37. The third kappa shape index (κ3) is 3.35. The molecule has 26 heavy (non-hydrogen) atoms. The molecule has 4 rings (SSSR count). The van der Waals surface area contributed by atoms with Crippen molar-refractivity contribution in [3.63, 3.8) is 0 Å². The molecular weight excluding hydrogens is 340 g/mol. The van der Waals surface area contributed by atoms with Gasteiger partial charge in [0.1, 0.15) is 24.0 Å². The lowest BCUT2D eigenvalue weighted by molar-refractivity contribution is 0.0950. The van der Waals surface area contributed by atoms with E-state index in [1.807, 2.05) is 6.07 Å². The number of tetrazole rings is 1. The van der Waals surface area contributed by atoms with Crippen LogP contribution in [0.1, 0.15) is 16.1 Å². The van der Waals surface area contributed by atoms with E-state index in [4.69, 9.17) is 4.74 Å². The van der Waals surface area contributed by atoms with E-state index in [9.17, 15) is 4.79 Å². The third-order valence-corrected chi connectivity index (χ3v) is 3.92. The first kappa shape index (κ1) is 16.1.